The number of ether oxygens (including phenoxy) is 2. The number of rotatable bonds is 18. The predicted molar refractivity (Wildman–Crippen MR) is 119 cm³/mol. The minimum atomic E-state index is -0.299. The summed E-state index contributed by atoms with van der Waals surface area (Å²) in [5.41, 5.74) is 0. The van der Waals surface area contributed by atoms with Gasteiger partial charge in [0.25, 0.3) is 0 Å². The van der Waals surface area contributed by atoms with Gasteiger partial charge in [-0.1, -0.05) is 97.0 Å². The molecule has 0 spiro atoms. The van der Waals surface area contributed by atoms with E-state index in [9.17, 15) is 4.79 Å². The number of unbranched alkanes of at least 4 members (excludes halogenated alkanes) is 13. The van der Waals surface area contributed by atoms with Crippen LogP contribution in [0.15, 0.2) is 12.7 Å². The van der Waals surface area contributed by atoms with Crippen LogP contribution in [0.5, 0.6) is 0 Å². The minimum absolute atomic E-state index is 0.0615. The summed E-state index contributed by atoms with van der Waals surface area (Å²) < 4.78 is 11.3. The fraction of sp³-hybridized carbons (Fsp3) is 0.880. The third-order valence-corrected chi connectivity index (χ3v) is 5.92. The van der Waals surface area contributed by atoms with E-state index in [1.165, 1.54) is 96.0 Å². The maximum absolute atomic E-state index is 11.2. The van der Waals surface area contributed by atoms with E-state index >= 15 is 0 Å². The SMILES string of the molecule is C=CC(=O)OC1CCC(OCCCCCCCCCCCCCCCC)CC1. The molecule has 3 heteroatoms. The van der Waals surface area contributed by atoms with Gasteiger partial charge in [0.15, 0.2) is 0 Å². The third-order valence-electron chi connectivity index (χ3n) is 5.92. The number of esters is 1. The zero-order valence-corrected chi connectivity index (χ0v) is 18.6. The van der Waals surface area contributed by atoms with Crippen LogP contribution in [0.25, 0.3) is 0 Å². The van der Waals surface area contributed by atoms with E-state index in [0.717, 1.165) is 32.3 Å². The van der Waals surface area contributed by atoms with Crippen molar-refractivity contribution in [1.82, 2.24) is 0 Å². The van der Waals surface area contributed by atoms with Crippen LogP contribution < -0.4 is 0 Å². The second kappa shape index (κ2) is 18.2. The second-order valence-corrected chi connectivity index (χ2v) is 8.51. The van der Waals surface area contributed by atoms with E-state index < -0.39 is 0 Å². The van der Waals surface area contributed by atoms with Crippen molar-refractivity contribution in [3.63, 3.8) is 0 Å². The van der Waals surface area contributed by atoms with Crippen LogP contribution in [-0.4, -0.2) is 24.8 Å². The molecule has 1 aliphatic carbocycles. The van der Waals surface area contributed by atoms with Gasteiger partial charge >= 0.3 is 5.97 Å². The molecule has 0 radical (unpaired) electrons. The van der Waals surface area contributed by atoms with E-state index in [2.05, 4.69) is 13.5 Å². The van der Waals surface area contributed by atoms with Gasteiger partial charge in [0.1, 0.15) is 6.10 Å². The Morgan fingerprint density at radius 2 is 1.18 bits per heavy atom. The lowest BCUT2D eigenvalue weighted by Gasteiger charge is -2.28. The maximum atomic E-state index is 11.2. The van der Waals surface area contributed by atoms with Crippen LogP contribution >= 0.6 is 0 Å². The lowest BCUT2D eigenvalue weighted by molar-refractivity contribution is -0.145. The van der Waals surface area contributed by atoms with Crippen molar-refractivity contribution >= 4 is 5.97 Å². The summed E-state index contributed by atoms with van der Waals surface area (Å²) in [6, 6.07) is 0. The number of carbonyl (C=O) groups excluding carboxylic acids is 1. The highest BCUT2D eigenvalue weighted by Gasteiger charge is 2.23. The Kier molecular flexibility index (Phi) is 16.4. The molecule has 1 rings (SSSR count). The molecule has 0 heterocycles. The van der Waals surface area contributed by atoms with Gasteiger partial charge in [-0.2, -0.15) is 0 Å². The van der Waals surface area contributed by atoms with Gasteiger partial charge in [-0.15, -0.1) is 0 Å². The van der Waals surface area contributed by atoms with Crippen molar-refractivity contribution in [2.24, 2.45) is 0 Å². The maximum Gasteiger partial charge on any atom is 0.330 e. The first-order valence-corrected chi connectivity index (χ1v) is 12.2. The zero-order chi connectivity index (χ0) is 20.3. The van der Waals surface area contributed by atoms with Crippen molar-refractivity contribution < 1.29 is 14.3 Å². The molecule has 0 N–H and O–H groups in total. The Morgan fingerprint density at radius 3 is 1.64 bits per heavy atom. The fourth-order valence-corrected chi connectivity index (χ4v) is 4.08. The number of carbonyl (C=O) groups is 1. The van der Waals surface area contributed by atoms with Gasteiger partial charge in [-0.25, -0.2) is 4.79 Å². The quantitative estimate of drug-likeness (QED) is 0.137. The lowest BCUT2D eigenvalue weighted by Crippen LogP contribution is -2.28. The summed E-state index contributed by atoms with van der Waals surface area (Å²) >= 11 is 0. The monoisotopic (exact) mass is 394 g/mol. The van der Waals surface area contributed by atoms with Gasteiger partial charge in [0, 0.05) is 12.7 Å². The molecule has 1 fully saturated rings. The molecular weight excluding hydrogens is 348 g/mol. The van der Waals surface area contributed by atoms with Crippen molar-refractivity contribution in [2.75, 3.05) is 6.61 Å². The van der Waals surface area contributed by atoms with Crippen molar-refractivity contribution in [1.29, 1.82) is 0 Å². The summed E-state index contributed by atoms with van der Waals surface area (Å²) in [5.74, 6) is -0.299. The van der Waals surface area contributed by atoms with Gasteiger partial charge in [0.2, 0.25) is 0 Å². The first kappa shape index (κ1) is 25.2. The van der Waals surface area contributed by atoms with Crippen LogP contribution in [0.4, 0.5) is 0 Å². The zero-order valence-electron chi connectivity index (χ0n) is 18.6. The molecule has 0 aliphatic heterocycles. The highest BCUT2D eigenvalue weighted by Crippen LogP contribution is 2.24. The molecule has 3 nitrogen and oxygen atoms in total. The van der Waals surface area contributed by atoms with E-state index in [0.29, 0.717) is 6.10 Å². The molecule has 0 amide bonds. The molecule has 1 saturated carbocycles. The summed E-state index contributed by atoms with van der Waals surface area (Å²) in [4.78, 5) is 11.2. The molecule has 0 bridgehead atoms. The molecule has 0 unspecified atom stereocenters. The Bertz CT molecular complexity index is 372. The van der Waals surface area contributed by atoms with Gasteiger partial charge in [-0.05, 0) is 32.1 Å². The highest BCUT2D eigenvalue weighted by atomic mass is 16.5. The summed E-state index contributed by atoms with van der Waals surface area (Å²) in [6.07, 6.45) is 25.0. The Labute approximate surface area is 174 Å². The van der Waals surface area contributed by atoms with Crippen molar-refractivity contribution in [2.45, 2.75) is 135 Å². The standard InChI is InChI=1S/C25H46O3/c1-3-5-6-7-8-9-10-11-12-13-14-15-16-17-22-27-23-18-20-24(21-19-23)28-25(26)4-2/h4,23-24H,2-3,5-22H2,1H3. The molecule has 164 valence electrons. The summed E-state index contributed by atoms with van der Waals surface area (Å²) in [5, 5.41) is 0. The Hall–Kier alpha value is -0.830. The van der Waals surface area contributed by atoms with E-state index in [1.54, 1.807) is 0 Å². The smallest absolute Gasteiger partial charge is 0.330 e. The molecule has 0 saturated heterocycles. The molecule has 28 heavy (non-hydrogen) atoms. The van der Waals surface area contributed by atoms with Crippen LogP contribution in [0.2, 0.25) is 0 Å². The normalized spacial score (nSPS) is 19.5. The highest BCUT2D eigenvalue weighted by molar-refractivity contribution is 5.81. The van der Waals surface area contributed by atoms with Crippen LogP contribution in [-0.2, 0) is 14.3 Å². The van der Waals surface area contributed by atoms with Gasteiger partial charge in [0.05, 0.1) is 6.10 Å². The molecule has 0 atom stereocenters. The molecule has 0 aromatic rings. The van der Waals surface area contributed by atoms with Crippen molar-refractivity contribution in [3.05, 3.63) is 12.7 Å². The second-order valence-electron chi connectivity index (χ2n) is 8.51. The summed E-state index contributed by atoms with van der Waals surface area (Å²) in [7, 11) is 0. The summed E-state index contributed by atoms with van der Waals surface area (Å²) in [6.45, 7) is 6.62. The first-order chi connectivity index (χ1) is 13.8. The topological polar surface area (TPSA) is 35.5 Å². The Balaban J connectivity index is 1.78. The lowest BCUT2D eigenvalue weighted by atomic mass is 9.95. The predicted octanol–water partition coefficient (Wildman–Crippen LogP) is 7.52. The Morgan fingerprint density at radius 1 is 0.750 bits per heavy atom. The third kappa shape index (κ3) is 14.2. The minimum Gasteiger partial charge on any atom is -0.459 e. The molecular formula is C25H46O3. The van der Waals surface area contributed by atoms with E-state index in [1.807, 2.05) is 0 Å². The molecule has 0 aromatic carbocycles. The fourth-order valence-electron chi connectivity index (χ4n) is 4.08. The van der Waals surface area contributed by atoms with E-state index in [4.69, 9.17) is 9.47 Å². The molecule has 1 aliphatic rings. The molecule has 0 aromatic heterocycles. The van der Waals surface area contributed by atoms with Crippen LogP contribution in [0, 0.1) is 0 Å². The largest absolute Gasteiger partial charge is 0.459 e. The van der Waals surface area contributed by atoms with Crippen LogP contribution in [0.3, 0.4) is 0 Å². The average Bonchev–Trinajstić information content (AvgIpc) is 2.72. The average molecular weight is 395 g/mol. The van der Waals surface area contributed by atoms with Crippen molar-refractivity contribution in [3.8, 4) is 0 Å². The van der Waals surface area contributed by atoms with Crippen LogP contribution in [0.1, 0.15) is 122 Å². The van der Waals surface area contributed by atoms with Gasteiger partial charge in [-0.3, -0.25) is 0 Å². The van der Waals surface area contributed by atoms with E-state index in [-0.39, 0.29) is 12.1 Å². The van der Waals surface area contributed by atoms with Gasteiger partial charge < -0.3 is 9.47 Å². The number of hydrogen-bond acceptors (Lipinski definition) is 3. The first-order valence-electron chi connectivity index (χ1n) is 12.2. The number of hydrogen-bond donors (Lipinski definition) is 0.